The van der Waals surface area contributed by atoms with E-state index in [1.807, 2.05) is 36.4 Å². The van der Waals surface area contributed by atoms with Crippen LogP contribution < -0.4 is 0 Å². The number of hydrogen-bond donors (Lipinski definition) is 3. The van der Waals surface area contributed by atoms with Gasteiger partial charge in [-0.1, -0.05) is 161 Å². The Balaban J connectivity index is 2.60. The fourth-order valence-electron chi connectivity index (χ4n) is 14.0. The highest BCUT2D eigenvalue weighted by Crippen LogP contribution is 2.69. The second-order valence-corrected chi connectivity index (χ2v) is 23.3. The highest BCUT2D eigenvalue weighted by Gasteiger charge is 2.64. The number of phenolic OH excluding ortho intramolecular Hbond substituents is 3. The molecule has 312 valence electrons. The van der Waals surface area contributed by atoms with Crippen molar-refractivity contribution >= 4 is 0 Å². The molecule has 0 unspecified atom stereocenters. The van der Waals surface area contributed by atoms with Crippen molar-refractivity contribution in [2.45, 2.75) is 162 Å². The summed E-state index contributed by atoms with van der Waals surface area (Å²) >= 11 is 0. The molecule has 0 aliphatic carbocycles. The van der Waals surface area contributed by atoms with Crippen LogP contribution in [0.4, 0.5) is 0 Å². The number of phenols is 3. The Morgan fingerprint density at radius 3 is 0.702 bits per heavy atom. The van der Waals surface area contributed by atoms with Gasteiger partial charge in [-0.15, -0.1) is 0 Å². The van der Waals surface area contributed by atoms with Gasteiger partial charge in [0.15, 0.2) is 0 Å². The lowest BCUT2D eigenvalue weighted by Crippen LogP contribution is -2.62. The van der Waals surface area contributed by atoms with Crippen molar-refractivity contribution < 1.29 is 15.3 Å². The van der Waals surface area contributed by atoms with Crippen molar-refractivity contribution in [3.63, 3.8) is 0 Å². The Labute approximate surface area is 348 Å². The van der Waals surface area contributed by atoms with Crippen LogP contribution in [0.15, 0.2) is 72.8 Å². The lowest BCUT2D eigenvalue weighted by atomic mass is 9.38. The molecule has 0 spiro atoms. The first-order chi connectivity index (χ1) is 25.7. The van der Waals surface area contributed by atoms with E-state index in [9.17, 15) is 15.3 Å². The van der Waals surface area contributed by atoms with Crippen molar-refractivity contribution in [1.29, 1.82) is 0 Å². The zero-order valence-electron chi connectivity index (χ0n) is 39.4. The standard InChI is InChI=1S/C54H78O3/c1-35-42(32-36-20-26-39(55)27-21-36)45(53(47(2,3)4,48(5,6)7)49(8,9)10)44(34-38-24-30-41(57)31-25-38)46(43(35)33-37-22-28-40(56)29-23-37)54(50(11,12)13,51(14,15)16)52(17,18)19/h20-31,55-57H,32-34H2,1-19H3. The van der Waals surface area contributed by atoms with Gasteiger partial charge in [0.25, 0.3) is 0 Å². The number of rotatable bonds is 8. The van der Waals surface area contributed by atoms with E-state index in [0.29, 0.717) is 19.3 Å². The van der Waals surface area contributed by atoms with Crippen molar-refractivity contribution in [2.24, 2.45) is 32.5 Å². The van der Waals surface area contributed by atoms with Crippen molar-refractivity contribution in [3.05, 3.63) is 123 Å². The predicted octanol–water partition coefficient (Wildman–Crippen LogP) is 14.6. The molecule has 4 rings (SSSR count). The summed E-state index contributed by atoms with van der Waals surface area (Å²) < 4.78 is 0. The third-order valence-corrected chi connectivity index (χ3v) is 13.6. The van der Waals surface area contributed by atoms with Gasteiger partial charge >= 0.3 is 0 Å². The largest absolute Gasteiger partial charge is 0.508 e. The minimum Gasteiger partial charge on any atom is -0.508 e. The average Bonchev–Trinajstić information content (AvgIpc) is 3.01. The Morgan fingerprint density at radius 1 is 0.316 bits per heavy atom. The quantitative estimate of drug-likeness (QED) is 0.167. The third-order valence-electron chi connectivity index (χ3n) is 13.6. The van der Waals surface area contributed by atoms with E-state index >= 15 is 0 Å². The molecule has 3 nitrogen and oxygen atoms in total. The highest BCUT2D eigenvalue weighted by atomic mass is 16.3. The molecule has 0 amide bonds. The lowest BCUT2D eigenvalue weighted by molar-refractivity contribution is -0.0517. The van der Waals surface area contributed by atoms with Crippen molar-refractivity contribution in [3.8, 4) is 17.2 Å². The molecule has 3 N–H and O–H groups in total. The zero-order chi connectivity index (χ0) is 43.5. The molecule has 57 heavy (non-hydrogen) atoms. The smallest absolute Gasteiger partial charge is 0.115 e. The Bertz CT molecular complexity index is 1810. The van der Waals surface area contributed by atoms with Gasteiger partial charge in [0.1, 0.15) is 17.2 Å². The molecule has 0 radical (unpaired) electrons. The summed E-state index contributed by atoms with van der Waals surface area (Å²) in [4.78, 5) is 0. The van der Waals surface area contributed by atoms with E-state index < -0.39 is 0 Å². The molecule has 3 heteroatoms. The van der Waals surface area contributed by atoms with Gasteiger partial charge in [0, 0.05) is 10.8 Å². The number of hydrogen-bond acceptors (Lipinski definition) is 3. The fraction of sp³-hybridized carbons (Fsp3) is 0.556. The maximum atomic E-state index is 10.6. The summed E-state index contributed by atoms with van der Waals surface area (Å²) in [5.41, 5.74) is 9.86. The summed E-state index contributed by atoms with van der Waals surface area (Å²) in [6.07, 6.45) is 2.12. The molecular formula is C54H78O3. The van der Waals surface area contributed by atoms with E-state index in [0.717, 1.165) is 11.1 Å². The number of aromatic hydroxyl groups is 3. The van der Waals surface area contributed by atoms with Crippen LogP contribution in [0.1, 0.15) is 175 Å². The van der Waals surface area contributed by atoms with Crippen LogP contribution in [0.3, 0.4) is 0 Å². The van der Waals surface area contributed by atoms with E-state index in [1.54, 1.807) is 0 Å². The minimum atomic E-state index is -0.374. The monoisotopic (exact) mass is 775 g/mol. The molecule has 4 aromatic rings. The van der Waals surface area contributed by atoms with E-state index in [2.05, 4.69) is 168 Å². The van der Waals surface area contributed by atoms with E-state index in [1.165, 1.54) is 38.9 Å². The third kappa shape index (κ3) is 8.03. The molecule has 0 bridgehead atoms. The Morgan fingerprint density at radius 2 is 0.509 bits per heavy atom. The molecular weight excluding hydrogens is 697 g/mol. The van der Waals surface area contributed by atoms with Crippen LogP contribution in [0.2, 0.25) is 0 Å². The number of benzene rings is 4. The second kappa shape index (κ2) is 15.1. The summed E-state index contributed by atoms with van der Waals surface area (Å²) in [6.45, 7) is 46.7. The average molecular weight is 775 g/mol. The van der Waals surface area contributed by atoms with Gasteiger partial charge in [-0.3, -0.25) is 0 Å². The van der Waals surface area contributed by atoms with Crippen LogP contribution in [0.5, 0.6) is 17.2 Å². The molecule has 0 atom stereocenters. The maximum Gasteiger partial charge on any atom is 0.115 e. The van der Waals surface area contributed by atoms with Gasteiger partial charge in [-0.2, -0.15) is 0 Å². The van der Waals surface area contributed by atoms with E-state index in [-0.39, 0.29) is 60.6 Å². The first kappa shape index (κ1) is 46.0. The molecule has 0 fully saturated rings. The van der Waals surface area contributed by atoms with Gasteiger partial charge < -0.3 is 15.3 Å². The van der Waals surface area contributed by atoms with Crippen molar-refractivity contribution in [1.82, 2.24) is 0 Å². The molecule has 0 aliphatic heterocycles. The zero-order valence-corrected chi connectivity index (χ0v) is 39.4. The topological polar surface area (TPSA) is 60.7 Å². The van der Waals surface area contributed by atoms with Gasteiger partial charge in [0.2, 0.25) is 0 Å². The SMILES string of the molecule is Cc1c(Cc2ccc(O)cc2)c(C(C(C)(C)C)(C(C)(C)C)C(C)(C)C)c(Cc2ccc(O)cc2)c(C(C(C)(C)C)(C(C)(C)C)C(C)(C)C)c1Cc1ccc(O)cc1. The van der Waals surface area contributed by atoms with Gasteiger partial charge in [-0.25, -0.2) is 0 Å². The highest BCUT2D eigenvalue weighted by molar-refractivity contribution is 5.63. The molecule has 4 aromatic carbocycles. The van der Waals surface area contributed by atoms with Crippen LogP contribution in [-0.4, -0.2) is 15.3 Å². The fourth-order valence-corrected chi connectivity index (χ4v) is 14.0. The summed E-state index contributed by atoms with van der Waals surface area (Å²) in [5, 5.41) is 31.5. The van der Waals surface area contributed by atoms with Crippen LogP contribution in [0, 0.1) is 39.4 Å². The normalized spacial score (nSPS) is 13.9. The van der Waals surface area contributed by atoms with Gasteiger partial charge in [0.05, 0.1) is 0 Å². The van der Waals surface area contributed by atoms with E-state index in [4.69, 9.17) is 0 Å². The summed E-state index contributed by atoms with van der Waals surface area (Å²) in [7, 11) is 0. The van der Waals surface area contributed by atoms with Crippen LogP contribution in [-0.2, 0) is 30.1 Å². The molecule has 0 heterocycles. The van der Waals surface area contributed by atoms with Crippen LogP contribution >= 0.6 is 0 Å². The Hall–Kier alpha value is -3.72. The van der Waals surface area contributed by atoms with Gasteiger partial charge in [-0.05, 0) is 145 Å². The Kier molecular flexibility index (Phi) is 12.2. The summed E-state index contributed by atoms with van der Waals surface area (Å²) in [5.74, 6) is 0.808. The predicted molar refractivity (Wildman–Crippen MR) is 244 cm³/mol. The molecule has 0 aromatic heterocycles. The summed E-state index contributed by atoms with van der Waals surface area (Å²) in [6, 6.07) is 23.5. The maximum absolute atomic E-state index is 10.6. The molecule has 0 saturated heterocycles. The van der Waals surface area contributed by atoms with Crippen molar-refractivity contribution in [2.75, 3.05) is 0 Å². The minimum absolute atomic E-state index is 0.201. The molecule has 0 saturated carbocycles. The molecule has 0 aliphatic rings. The first-order valence-corrected chi connectivity index (χ1v) is 21.3. The van der Waals surface area contributed by atoms with Crippen LogP contribution in [0.25, 0.3) is 0 Å². The first-order valence-electron chi connectivity index (χ1n) is 21.3. The lowest BCUT2D eigenvalue weighted by Gasteiger charge is -2.65. The second-order valence-electron chi connectivity index (χ2n) is 23.3.